The molecule has 3 heterocycles. The molecule has 3 nitrogen and oxygen atoms in total. The second-order valence-corrected chi connectivity index (χ2v) is 5.67. The molecule has 1 N–H and O–H groups in total. The lowest BCUT2D eigenvalue weighted by Crippen LogP contribution is -2.30. The highest BCUT2D eigenvalue weighted by Gasteiger charge is 2.21. The minimum atomic E-state index is -0.201. The van der Waals surface area contributed by atoms with Gasteiger partial charge in [0.25, 0.3) is 0 Å². The largest absolute Gasteiger partial charge is 0.367 e. The molecule has 0 aliphatic carbocycles. The first-order chi connectivity index (χ1) is 10.2. The van der Waals surface area contributed by atoms with E-state index in [9.17, 15) is 4.39 Å². The van der Waals surface area contributed by atoms with E-state index in [0.29, 0.717) is 5.15 Å². The predicted octanol–water partition coefficient (Wildman–Crippen LogP) is 3.92. The van der Waals surface area contributed by atoms with Gasteiger partial charge in [-0.1, -0.05) is 11.6 Å². The second kappa shape index (κ2) is 4.74. The van der Waals surface area contributed by atoms with Crippen LogP contribution in [-0.2, 0) is 13.0 Å². The summed E-state index contributed by atoms with van der Waals surface area (Å²) in [5.41, 5.74) is 4.41. The number of anilines is 1. The number of fused-ring (bicyclic) bond motifs is 3. The van der Waals surface area contributed by atoms with E-state index in [1.54, 1.807) is 18.3 Å². The molecule has 1 aliphatic heterocycles. The molecule has 0 saturated carbocycles. The standard InChI is InChI=1S/C16H13ClFN3/c17-16-8-11(3-5-19-16)21-6-4-15-13(9-21)12-7-10(18)1-2-14(12)20-15/h1-3,5,7-8,20H,4,6,9H2. The average Bonchev–Trinajstić information content (AvgIpc) is 2.84. The Hall–Kier alpha value is -2.07. The maximum atomic E-state index is 13.5. The predicted molar refractivity (Wildman–Crippen MR) is 82.3 cm³/mol. The molecule has 0 saturated heterocycles. The van der Waals surface area contributed by atoms with Crippen molar-refractivity contribution in [3.8, 4) is 0 Å². The van der Waals surface area contributed by atoms with Gasteiger partial charge in [-0.15, -0.1) is 0 Å². The molecule has 1 aromatic carbocycles. The van der Waals surface area contributed by atoms with Crippen LogP contribution in [0.5, 0.6) is 0 Å². The van der Waals surface area contributed by atoms with Crippen LogP contribution in [0.15, 0.2) is 36.5 Å². The summed E-state index contributed by atoms with van der Waals surface area (Å²) in [5.74, 6) is -0.201. The Morgan fingerprint density at radius 3 is 3.00 bits per heavy atom. The van der Waals surface area contributed by atoms with Crippen molar-refractivity contribution >= 4 is 28.2 Å². The molecule has 0 amide bonds. The van der Waals surface area contributed by atoms with Crippen molar-refractivity contribution in [1.29, 1.82) is 0 Å². The minimum absolute atomic E-state index is 0.201. The van der Waals surface area contributed by atoms with Gasteiger partial charge in [-0.25, -0.2) is 9.37 Å². The van der Waals surface area contributed by atoms with Crippen LogP contribution in [0.25, 0.3) is 10.9 Å². The Morgan fingerprint density at radius 2 is 2.14 bits per heavy atom. The summed E-state index contributed by atoms with van der Waals surface area (Å²) in [6, 6.07) is 8.71. The lowest BCUT2D eigenvalue weighted by atomic mass is 10.0. The molecule has 0 unspecified atom stereocenters. The van der Waals surface area contributed by atoms with Crippen LogP contribution in [0.3, 0.4) is 0 Å². The Morgan fingerprint density at radius 1 is 1.24 bits per heavy atom. The van der Waals surface area contributed by atoms with Crippen molar-refractivity contribution in [1.82, 2.24) is 9.97 Å². The SMILES string of the molecule is Fc1ccc2[nH]c3c(c2c1)CN(c1ccnc(Cl)c1)CC3. The first kappa shape index (κ1) is 12.7. The third-order valence-electron chi connectivity index (χ3n) is 4.01. The number of aromatic amines is 1. The number of aromatic nitrogens is 2. The first-order valence-corrected chi connectivity index (χ1v) is 7.24. The van der Waals surface area contributed by atoms with Gasteiger partial charge in [0, 0.05) is 53.6 Å². The van der Waals surface area contributed by atoms with Crippen LogP contribution >= 0.6 is 11.6 Å². The summed E-state index contributed by atoms with van der Waals surface area (Å²) in [6.45, 7) is 1.65. The highest BCUT2D eigenvalue weighted by molar-refractivity contribution is 6.29. The molecule has 3 aromatic rings. The Balaban J connectivity index is 1.77. The third-order valence-corrected chi connectivity index (χ3v) is 4.22. The van der Waals surface area contributed by atoms with Crippen molar-refractivity contribution in [2.24, 2.45) is 0 Å². The molecule has 5 heteroatoms. The van der Waals surface area contributed by atoms with Crippen LogP contribution in [0, 0.1) is 5.82 Å². The molecular weight excluding hydrogens is 289 g/mol. The van der Waals surface area contributed by atoms with E-state index >= 15 is 0 Å². The maximum Gasteiger partial charge on any atom is 0.131 e. The maximum absolute atomic E-state index is 13.5. The molecule has 0 spiro atoms. The van der Waals surface area contributed by atoms with Crippen molar-refractivity contribution in [2.45, 2.75) is 13.0 Å². The van der Waals surface area contributed by atoms with Crippen molar-refractivity contribution in [3.05, 3.63) is 58.8 Å². The van der Waals surface area contributed by atoms with Crippen LogP contribution in [0.2, 0.25) is 5.15 Å². The summed E-state index contributed by atoms with van der Waals surface area (Å²) in [7, 11) is 0. The number of nitrogens with zero attached hydrogens (tertiary/aromatic N) is 2. The molecule has 0 fully saturated rings. The van der Waals surface area contributed by atoms with Gasteiger partial charge in [-0.2, -0.15) is 0 Å². The normalized spacial score (nSPS) is 14.5. The number of nitrogens with one attached hydrogen (secondary N) is 1. The lowest BCUT2D eigenvalue weighted by Gasteiger charge is -2.29. The van der Waals surface area contributed by atoms with Crippen molar-refractivity contribution in [3.63, 3.8) is 0 Å². The van der Waals surface area contributed by atoms with Crippen molar-refractivity contribution < 1.29 is 4.39 Å². The Bertz CT molecular complexity index is 828. The van der Waals surface area contributed by atoms with E-state index in [4.69, 9.17) is 11.6 Å². The van der Waals surface area contributed by atoms with E-state index in [2.05, 4.69) is 14.9 Å². The number of hydrogen-bond donors (Lipinski definition) is 1. The smallest absolute Gasteiger partial charge is 0.131 e. The van der Waals surface area contributed by atoms with Gasteiger partial charge in [0.15, 0.2) is 0 Å². The third kappa shape index (κ3) is 2.16. The Kier molecular flexibility index (Phi) is 2.86. The van der Waals surface area contributed by atoms with E-state index in [1.165, 1.54) is 17.3 Å². The summed E-state index contributed by atoms with van der Waals surface area (Å²) in [5, 5.41) is 1.46. The second-order valence-electron chi connectivity index (χ2n) is 5.28. The minimum Gasteiger partial charge on any atom is -0.367 e. The lowest BCUT2D eigenvalue weighted by molar-refractivity contribution is 0.629. The van der Waals surface area contributed by atoms with Gasteiger partial charge >= 0.3 is 0 Å². The molecule has 106 valence electrons. The van der Waals surface area contributed by atoms with Crippen LogP contribution < -0.4 is 4.90 Å². The summed E-state index contributed by atoms with van der Waals surface area (Å²) in [4.78, 5) is 9.65. The van der Waals surface area contributed by atoms with E-state index in [0.717, 1.165) is 36.1 Å². The molecule has 1 aliphatic rings. The van der Waals surface area contributed by atoms with E-state index in [1.807, 2.05) is 12.1 Å². The number of H-pyrrole nitrogens is 1. The summed E-state index contributed by atoms with van der Waals surface area (Å²) >= 11 is 5.97. The zero-order valence-corrected chi connectivity index (χ0v) is 12.0. The van der Waals surface area contributed by atoms with Gasteiger partial charge in [-0.3, -0.25) is 0 Å². The fourth-order valence-electron chi connectivity index (χ4n) is 3.00. The molecular formula is C16H13ClFN3. The summed E-state index contributed by atoms with van der Waals surface area (Å²) in [6.07, 6.45) is 2.62. The quantitative estimate of drug-likeness (QED) is 0.691. The zero-order chi connectivity index (χ0) is 14.4. The zero-order valence-electron chi connectivity index (χ0n) is 11.2. The van der Waals surface area contributed by atoms with Crippen LogP contribution in [0.4, 0.5) is 10.1 Å². The van der Waals surface area contributed by atoms with Gasteiger partial charge in [0.05, 0.1) is 0 Å². The molecule has 2 aromatic heterocycles. The summed E-state index contributed by atoms with van der Waals surface area (Å²) < 4.78 is 13.5. The molecule has 21 heavy (non-hydrogen) atoms. The fraction of sp³-hybridized carbons (Fsp3) is 0.188. The average molecular weight is 302 g/mol. The van der Waals surface area contributed by atoms with Gasteiger partial charge < -0.3 is 9.88 Å². The van der Waals surface area contributed by atoms with Gasteiger partial charge in [-0.05, 0) is 30.3 Å². The van der Waals surface area contributed by atoms with Crippen LogP contribution in [-0.4, -0.2) is 16.5 Å². The van der Waals surface area contributed by atoms with E-state index in [-0.39, 0.29) is 5.82 Å². The van der Waals surface area contributed by atoms with E-state index < -0.39 is 0 Å². The molecule has 4 rings (SSSR count). The molecule has 0 radical (unpaired) electrons. The number of pyridine rings is 1. The number of halogens is 2. The topological polar surface area (TPSA) is 31.9 Å². The number of rotatable bonds is 1. The van der Waals surface area contributed by atoms with Gasteiger partial charge in [0.2, 0.25) is 0 Å². The number of benzene rings is 1. The Labute approximate surface area is 126 Å². The highest BCUT2D eigenvalue weighted by Crippen LogP contribution is 2.31. The molecule has 0 bridgehead atoms. The van der Waals surface area contributed by atoms with Crippen molar-refractivity contribution in [2.75, 3.05) is 11.4 Å². The first-order valence-electron chi connectivity index (χ1n) is 6.86. The molecule has 0 atom stereocenters. The fourth-order valence-corrected chi connectivity index (χ4v) is 3.16. The monoisotopic (exact) mass is 301 g/mol. The number of hydrogen-bond acceptors (Lipinski definition) is 2. The highest BCUT2D eigenvalue weighted by atomic mass is 35.5. The van der Waals surface area contributed by atoms with Crippen LogP contribution in [0.1, 0.15) is 11.3 Å². The van der Waals surface area contributed by atoms with Gasteiger partial charge in [0.1, 0.15) is 11.0 Å².